The van der Waals surface area contributed by atoms with Crippen molar-refractivity contribution in [1.82, 2.24) is 14.2 Å². The fraction of sp³-hybridized carbons (Fsp3) is 0.276. The van der Waals surface area contributed by atoms with Gasteiger partial charge in [0.15, 0.2) is 0 Å². The Hall–Kier alpha value is -3.70. The van der Waals surface area contributed by atoms with Gasteiger partial charge in [0.2, 0.25) is 15.9 Å². The van der Waals surface area contributed by atoms with Crippen molar-refractivity contribution >= 4 is 26.8 Å². The third-order valence-electron chi connectivity index (χ3n) is 6.57. The minimum atomic E-state index is -4.49. The molecule has 0 bridgehead atoms. The molecule has 3 aromatic carbocycles. The molecule has 0 radical (unpaired) electrons. The molecule has 0 aliphatic carbocycles. The predicted octanol–water partition coefficient (Wildman–Crippen LogP) is 6.00. The average Bonchev–Trinajstić information content (AvgIpc) is 3.34. The van der Waals surface area contributed by atoms with Crippen molar-refractivity contribution in [3.63, 3.8) is 0 Å². The van der Waals surface area contributed by atoms with Crippen molar-refractivity contribution in [3.8, 4) is 0 Å². The second-order valence-electron chi connectivity index (χ2n) is 9.41. The highest BCUT2D eigenvalue weighted by molar-refractivity contribution is 7.89. The Bertz CT molecular complexity index is 1550. The molecule has 0 atom stereocenters. The highest BCUT2D eigenvalue weighted by Crippen LogP contribution is 2.29. The lowest BCUT2D eigenvalue weighted by atomic mass is 10.1. The Balaban J connectivity index is 1.59. The molecular weight excluding hydrogens is 546 g/mol. The van der Waals surface area contributed by atoms with Gasteiger partial charge in [-0.05, 0) is 66.4 Å². The van der Waals surface area contributed by atoms with Gasteiger partial charge in [-0.25, -0.2) is 12.8 Å². The van der Waals surface area contributed by atoms with Crippen LogP contribution in [0.25, 0.3) is 10.9 Å². The number of halogens is 4. The van der Waals surface area contributed by atoms with Crippen LogP contribution in [-0.2, 0) is 34.0 Å². The van der Waals surface area contributed by atoms with Gasteiger partial charge in [-0.15, -0.1) is 0 Å². The minimum Gasteiger partial charge on any atom is -0.361 e. The molecule has 212 valence electrons. The smallest absolute Gasteiger partial charge is 0.361 e. The summed E-state index contributed by atoms with van der Waals surface area (Å²) in [6.45, 7) is 1.56. The maximum atomic E-state index is 13.6. The molecule has 1 amide bonds. The summed E-state index contributed by atoms with van der Waals surface area (Å²) < 4.78 is 80.2. The third-order valence-corrected chi connectivity index (χ3v) is 8.43. The number of amides is 1. The zero-order chi connectivity index (χ0) is 28.9. The Labute approximate surface area is 230 Å². The third kappa shape index (κ3) is 6.89. The fourth-order valence-corrected chi connectivity index (χ4v) is 5.93. The number of nitrogens with one attached hydrogen (secondary N) is 1. The topological polar surface area (TPSA) is 73.5 Å². The standard InChI is InChI=1S/C29H29F4N3O3S/c1-2-16-36(40(38,39)25-13-11-24(30)12-14-25)20-28(37)35(19-21-7-9-23(10-8-21)29(31,32)33)17-15-22-18-34-27-6-4-3-5-26(22)27/h3-14,18,34H,2,15-17,19-20H2,1H3. The van der Waals surface area contributed by atoms with Crippen LogP contribution in [0.1, 0.15) is 30.0 Å². The average molecular weight is 576 g/mol. The molecule has 6 nitrogen and oxygen atoms in total. The van der Waals surface area contributed by atoms with E-state index in [9.17, 15) is 30.8 Å². The molecule has 0 unspecified atom stereocenters. The Morgan fingerprint density at radius 3 is 2.25 bits per heavy atom. The first-order chi connectivity index (χ1) is 19.0. The van der Waals surface area contributed by atoms with E-state index in [-0.39, 0.29) is 24.5 Å². The number of carbonyl (C=O) groups excluding carboxylic acids is 1. The number of aromatic nitrogens is 1. The van der Waals surface area contributed by atoms with E-state index in [1.165, 1.54) is 17.0 Å². The molecule has 0 aliphatic heterocycles. The molecule has 40 heavy (non-hydrogen) atoms. The van der Waals surface area contributed by atoms with Gasteiger partial charge in [0, 0.05) is 36.7 Å². The molecule has 1 aromatic heterocycles. The second kappa shape index (κ2) is 12.2. The van der Waals surface area contributed by atoms with Crippen molar-refractivity contribution in [3.05, 3.63) is 102 Å². The zero-order valence-electron chi connectivity index (χ0n) is 21.8. The highest BCUT2D eigenvalue weighted by atomic mass is 32.2. The largest absolute Gasteiger partial charge is 0.416 e. The normalized spacial score (nSPS) is 12.2. The first kappa shape index (κ1) is 29.3. The van der Waals surface area contributed by atoms with Gasteiger partial charge in [0.05, 0.1) is 17.0 Å². The van der Waals surface area contributed by atoms with Gasteiger partial charge in [-0.3, -0.25) is 4.79 Å². The number of nitrogens with zero attached hydrogens (tertiary/aromatic N) is 2. The Kier molecular flexibility index (Phi) is 8.95. The van der Waals surface area contributed by atoms with E-state index in [1.54, 1.807) is 6.92 Å². The summed E-state index contributed by atoms with van der Waals surface area (Å²) >= 11 is 0. The van der Waals surface area contributed by atoms with Crippen LogP contribution in [0.15, 0.2) is 83.9 Å². The van der Waals surface area contributed by atoms with Gasteiger partial charge >= 0.3 is 6.18 Å². The molecule has 1 heterocycles. The molecular formula is C29H29F4N3O3S. The van der Waals surface area contributed by atoms with E-state index in [4.69, 9.17) is 0 Å². The number of benzene rings is 3. The summed E-state index contributed by atoms with van der Waals surface area (Å²) in [4.78, 5) is 18.1. The predicted molar refractivity (Wildman–Crippen MR) is 144 cm³/mol. The Morgan fingerprint density at radius 1 is 0.925 bits per heavy atom. The molecule has 4 aromatic rings. The maximum Gasteiger partial charge on any atom is 0.416 e. The summed E-state index contributed by atoms with van der Waals surface area (Å²) in [5, 5.41) is 0.982. The first-order valence-electron chi connectivity index (χ1n) is 12.7. The number of alkyl halides is 3. The number of hydrogen-bond donors (Lipinski definition) is 1. The molecule has 1 N–H and O–H groups in total. The van der Waals surface area contributed by atoms with E-state index in [1.807, 2.05) is 30.5 Å². The molecule has 0 saturated heterocycles. The summed E-state index contributed by atoms with van der Waals surface area (Å²) in [5.74, 6) is -1.09. The molecule has 0 spiro atoms. The van der Waals surface area contributed by atoms with E-state index >= 15 is 0 Å². The number of H-pyrrole nitrogens is 1. The van der Waals surface area contributed by atoms with Gasteiger partial charge in [0.25, 0.3) is 0 Å². The number of carbonyl (C=O) groups is 1. The second-order valence-corrected chi connectivity index (χ2v) is 11.3. The lowest BCUT2D eigenvalue weighted by molar-refractivity contribution is -0.137. The van der Waals surface area contributed by atoms with Crippen molar-refractivity contribution in [2.24, 2.45) is 0 Å². The highest BCUT2D eigenvalue weighted by Gasteiger charge is 2.31. The number of aromatic amines is 1. The first-order valence-corrected chi connectivity index (χ1v) is 14.2. The van der Waals surface area contributed by atoms with Gasteiger partial charge in [-0.1, -0.05) is 37.3 Å². The van der Waals surface area contributed by atoms with Gasteiger partial charge in [0.1, 0.15) is 5.82 Å². The van der Waals surface area contributed by atoms with Crippen molar-refractivity contribution < 1.29 is 30.8 Å². The van der Waals surface area contributed by atoms with Crippen molar-refractivity contribution in [1.29, 1.82) is 0 Å². The molecule has 0 aliphatic rings. The monoisotopic (exact) mass is 575 g/mol. The van der Waals surface area contributed by atoms with Gasteiger partial charge < -0.3 is 9.88 Å². The van der Waals surface area contributed by atoms with Crippen LogP contribution in [0.4, 0.5) is 17.6 Å². The van der Waals surface area contributed by atoms with Crippen LogP contribution in [0.2, 0.25) is 0 Å². The summed E-state index contributed by atoms with van der Waals surface area (Å²) in [5.41, 5.74) is 1.55. The van der Waals surface area contributed by atoms with Crippen LogP contribution in [0.3, 0.4) is 0 Å². The molecule has 4 rings (SSSR count). The van der Waals surface area contributed by atoms with Crippen molar-refractivity contribution in [2.45, 2.75) is 37.4 Å². The number of hydrogen-bond acceptors (Lipinski definition) is 3. The molecule has 0 fully saturated rings. The Morgan fingerprint density at radius 2 is 1.60 bits per heavy atom. The lowest BCUT2D eigenvalue weighted by Gasteiger charge is -2.27. The molecule has 0 saturated carbocycles. The van der Waals surface area contributed by atoms with E-state index in [0.717, 1.165) is 57.2 Å². The summed E-state index contributed by atoms with van der Waals surface area (Å²) in [6.07, 6.45) is -1.77. The van der Waals surface area contributed by atoms with E-state index in [2.05, 4.69) is 4.98 Å². The zero-order valence-corrected chi connectivity index (χ0v) is 22.6. The quantitative estimate of drug-likeness (QED) is 0.223. The summed E-state index contributed by atoms with van der Waals surface area (Å²) in [7, 11) is -4.10. The van der Waals surface area contributed by atoms with Crippen LogP contribution in [-0.4, -0.2) is 48.1 Å². The number of fused-ring (bicyclic) bond motifs is 1. The van der Waals surface area contributed by atoms with Crippen LogP contribution >= 0.6 is 0 Å². The SMILES string of the molecule is CCCN(CC(=O)N(CCc1c[nH]c2ccccc12)Cc1ccc(C(F)(F)F)cc1)S(=O)(=O)c1ccc(F)cc1. The maximum absolute atomic E-state index is 13.6. The number of sulfonamides is 1. The van der Waals surface area contributed by atoms with Crippen molar-refractivity contribution in [2.75, 3.05) is 19.6 Å². The minimum absolute atomic E-state index is 0.00408. The lowest BCUT2D eigenvalue weighted by Crippen LogP contribution is -2.43. The molecule has 11 heteroatoms. The van der Waals surface area contributed by atoms with E-state index in [0.29, 0.717) is 18.4 Å². The van der Waals surface area contributed by atoms with E-state index < -0.39 is 40.0 Å². The van der Waals surface area contributed by atoms with Gasteiger partial charge in [-0.2, -0.15) is 17.5 Å². The number of rotatable bonds is 11. The summed E-state index contributed by atoms with van der Waals surface area (Å²) in [6, 6.07) is 16.6. The fourth-order valence-electron chi connectivity index (χ4n) is 4.45. The van der Waals surface area contributed by atoms with Crippen LogP contribution in [0.5, 0.6) is 0 Å². The number of para-hydroxylation sites is 1. The van der Waals surface area contributed by atoms with Crippen LogP contribution in [0, 0.1) is 5.82 Å². The van der Waals surface area contributed by atoms with Crippen LogP contribution < -0.4 is 0 Å².